The van der Waals surface area contributed by atoms with E-state index in [9.17, 15) is 4.79 Å². The molecule has 0 saturated carbocycles. The van der Waals surface area contributed by atoms with Gasteiger partial charge in [-0.1, -0.05) is 12.1 Å². The SMILES string of the molecule is O=C(Nc1ccc(N2CCn3c(nc4ccccc43)C2)cc1)c1ccc(-n2cccc2)cc1. The highest BCUT2D eigenvalue weighted by Crippen LogP contribution is 2.26. The first-order valence-electron chi connectivity index (χ1n) is 11.1. The third kappa shape index (κ3) is 3.65. The zero-order valence-electron chi connectivity index (χ0n) is 18.1. The zero-order chi connectivity index (χ0) is 22.2. The Morgan fingerprint density at radius 1 is 0.788 bits per heavy atom. The van der Waals surface area contributed by atoms with Crippen LogP contribution in [0, 0.1) is 0 Å². The summed E-state index contributed by atoms with van der Waals surface area (Å²) in [6, 6.07) is 27.9. The standard InChI is InChI=1S/C27H23N5O/c33-27(20-7-11-22(12-8-20)30-15-3-4-16-30)28-21-9-13-23(14-10-21)31-17-18-32-25-6-2-1-5-24(25)29-26(32)19-31/h1-16H,17-19H2,(H,28,33). The number of nitrogens with zero attached hydrogens (tertiary/aromatic N) is 4. The molecular formula is C27H23N5O. The predicted octanol–water partition coefficient (Wildman–Crippen LogP) is 5.10. The third-order valence-electron chi connectivity index (χ3n) is 6.18. The van der Waals surface area contributed by atoms with Crippen LogP contribution < -0.4 is 10.2 Å². The maximum atomic E-state index is 12.7. The molecule has 0 atom stereocenters. The minimum atomic E-state index is -0.117. The summed E-state index contributed by atoms with van der Waals surface area (Å²) in [5.41, 5.74) is 5.81. The van der Waals surface area contributed by atoms with Gasteiger partial charge in [-0.2, -0.15) is 0 Å². The molecule has 2 aromatic heterocycles. The Kier molecular flexibility index (Phi) is 4.69. The van der Waals surface area contributed by atoms with Gasteiger partial charge in [0.2, 0.25) is 0 Å². The highest BCUT2D eigenvalue weighted by molar-refractivity contribution is 6.04. The monoisotopic (exact) mass is 433 g/mol. The highest BCUT2D eigenvalue weighted by atomic mass is 16.1. The lowest BCUT2D eigenvalue weighted by Gasteiger charge is -2.30. The molecule has 1 amide bonds. The summed E-state index contributed by atoms with van der Waals surface area (Å²) in [5.74, 6) is 0.969. The van der Waals surface area contributed by atoms with E-state index in [0.717, 1.165) is 48.0 Å². The number of benzene rings is 3. The average Bonchev–Trinajstić information content (AvgIpc) is 3.52. The third-order valence-corrected chi connectivity index (χ3v) is 6.18. The molecule has 1 N–H and O–H groups in total. The van der Waals surface area contributed by atoms with Crippen LogP contribution in [-0.4, -0.2) is 26.6 Å². The number of para-hydroxylation sites is 2. The van der Waals surface area contributed by atoms with Gasteiger partial charge in [0.15, 0.2) is 0 Å². The first kappa shape index (κ1) is 19.4. The van der Waals surface area contributed by atoms with Crippen molar-refractivity contribution in [2.24, 2.45) is 0 Å². The average molecular weight is 434 g/mol. The van der Waals surface area contributed by atoms with Crippen molar-refractivity contribution in [2.45, 2.75) is 13.1 Å². The van der Waals surface area contributed by atoms with E-state index in [1.165, 1.54) is 5.52 Å². The number of nitrogens with one attached hydrogen (secondary N) is 1. The number of fused-ring (bicyclic) bond motifs is 3. The molecule has 5 aromatic rings. The molecule has 0 spiro atoms. The Labute approximate surface area is 191 Å². The van der Waals surface area contributed by atoms with Crippen LogP contribution in [0.2, 0.25) is 0 Å². The van der Waals surface area contributed by atoms with Crippen molar-refractivity contribution in [1.82, 2.24) is 14.1 Å². The maximum absolute atomic E-state index is 12.7. The number of amides is 1. The maximum Gasteiger partial charge on any atom is 0.255 e. The topological polar surface area (TPSA) is 55.1 Å². The second-order valence-electron chi connectivity index (χ2n) is 8.23. The fourth-order valence-corrected chi connectivity index (χ4v) is 4.44. The Balaban J connectivity index is 1.13. The molecule has 6 nitrogen and oxygen atoms in total. The molecule has 1 aliphatic heterocycles. The van der Waals surface area contributed by atoms with Gasteiger partial charge in [0, 0.05) is 48.1 Å². The van der Waals surface area contributed by atoms with Crippen LogP contribution in [0.25, 0.3) is 16.7 Å². The van der Waals surface area contributed by atoms with E-state index in [-0.39, 0.29) is 5.91 Å². The van der Waals surface area contributed by atoms with Crippen LogP contribution in [-0.2, 0) is 13.1 Å². The molecule has 6 heteroatoms. The second-order valence-corrected chi connectivity index (χ2v) is 8.23. The molecule has 0 fully saturated rings. The summed E-state index contributed by atoms with van der Waals surface area (Å²) in [7, 11) is 0. The quantitative estimate of drug-likeness (QED) is 0.429. The van der Waals surface area contributed by atoms with Crippen molar-refractivity contribution in [3.63, 3.8) is 0 Å². The van der Waals surface area contributed by atoms with Gasteiger partial charge in [-0.05, 0) is 72.8 Å². The zero-order valence-corrected chi connectivity index (χ0v) is 18.1. The van der Waals surface area contributed by atoms with Gasteiger partial charge >= 0.3 is 0 Å². The lowest BCUT2D eigenvalue weighted by Crippen LogP contribution is -2.33. The molecule has 0 bridgehead atoms. The van der Waals surface area contributed by atoms with Crippen LogP contribution in [0.3, 0.4) is 0 Å². The van der Waals surface area contributed by atoms with Gasteiger partial charge in [-0.15, -0.1) is 0 Å². The second kappa shape index (κ2) is 7.98. The van der Waals surface area contributed by atoms with Crippen molar-refractivity contribution in [1.29, 1.82) is 0 Å². The van der Waals surface area contributed by atoms with Crippen molar-refractivity contribution >= 4 is 28.3 Å². The molecule has 3 aromatic carbocycles. The fraction of sp³-hybridized carbons (Fsp3) is 0.111. The molecule has 0 unspecified atom stereocenters. The molecule has 0 aliphatic carbocycles. The molecule has 33 heavy (non-hydrogen) atoms. The first-order valence-corrected chi connectivity index (χ1v) is 11.1. The fourth-order valence-electron chi connectivity index (χ4n) is 4.44. The number of anilines is 2. The van der Waals surface area contributed by atoms with Gasteiger partial charge < -0.3 is 19.4 Å². The van der Waals surface area contributed by atoms with Gasteiger partial charge in [0.25, 0.3) is 5.91 Å². The predicted molar refractivity (Wildman–Crippen MR) is 131 cm³/mol. The summed E-state index contributed by atoms with van der Waals surface area (Å²) in [6.07, 6.45) is 3.96. The summed E-state index contributed by atoms with van der Waals surface area (Å²) >= 11 is 0. The van der Waals surface area contributed by atoms with Crippen molar-refractivity contribution in [2.75, 3.05) is 16.8 Å². The first-order chi connectivity index (χ1) is 16.2. The van der Waals surface area contributed by atoms with Crippen molar-refractivity contribution in [3.8, 4) is 5.69 Å². The molecule has 0 radical (unpaired) electrons. The lowest BCUT2D eigenvalue weighted by molar-refractivity contribution is 0.102. The normalized spacial score (nSPS) is 13.2. The molecular weight excluding hydrogens is 410 g/mol. The van der Waals surface area contributed by atoms with E-state index in [2.05, 4.69) is 45.1 Å². The summed E-state index contributed by atoms with van der Waals surface area (Å²) in [5, 5.41) is 3.00. The molecule has 1 aliphatic rings. The lowest BCUT2D eigenvalue weighted by atomic mass is 10.2. The number of carbonyl (C=O) groups excluding carboxylic acids is 1. The largest absolute Gasteiger partial charge is 0.362 e. The summed E-state index contributed by atoms with van der Waals surface area (Å²) in [4.78, 5) is 19.8. The number of carbonyl (C=O) groups is 1. The minimum absolute atomic E-state index is 0.117. The summed E-state index contributed by atoms with van der Waals surface area (Å²) < 4.78 is 4.32. The van der Waals surface area contributed by atoms with Crippen LogP contribution in [0.15, 0.2) is 97.3 Å². The van der Waals surface area contributed by atoms with Crippen molar-refractivity contribution < 1.29 is 4.79 Å². The molecule has 3 heterocycles. The summed E-state index contributed by atoms with van der Waals surface area (Å²) in [6.45, 7) is 2.61. The minimum Gasteiger partial charge on any atom is -0.362 e. The smallest absolute Gasteiger partial charge is 0.255 e. The molecule has 162 valence electrons. The van der Waals surface area contributed by atoms with E-state index in [0.29, 0.717) is 5.56 Å². The Hall–Kier alpha value is -4.32. The van der Waals surface area contributed by atoms with Gasteiger partial charge in [-0.25, -0.2) is 4.98 Å². The van der Waals surface area contributed by atoms with Crippen molar-refractivity contribution in [3.05, 3.63) is 109 Å². The van der Waals surface area contributed by atoms with E-state index in [4.69, 9.17) is 4.98 Å². The van der Waals surface area contributed by atoms with Crippen LogP contribution in [0.1, 0.15) is 16.2 Å². The van der Waals surface area contributed by atoms with Gasteiger partial charge in [0.05, 0.1) is 17.6 Å². The Morgan fingerprint density at radius 3 is 2.30 bits per heavy atom. The van der Waals surface area contributed by atoms with Gasteiger partial charge in [0.1, 0.15) is 5.82 Å². The van der Waals surface area contributed by atoms with Gasteiger partial charge in [-0.3, -0.25) is 4.79 Å². The highest BCUT2D eigenvalue weighted by Gasteiger charge is 2.20. The van der Waals surface area contributed by atoms with E-state index in [1.807, 2.05) is 71.6 Å². The molecule has 0 saturated heterocycles. The van der Waals surface area contributed by atoms with Crippen LogP contribution >= 0.6 is 0 Å². The number of imidazole rings is 1. The molecule has 6 rings (SSSR count). The van der Waals surface area contributed by atoms with E-state index >= 15 is 0 Å². The van der Waals surface area contributed by atoms with E-state index < -0.39 is 0 Å². The van der Waals surface area contributed by atoms with Crippen LogP contribution in [0.4, 0.5) is 11.4 Å². The van der Waals surface area contributed by atoms with E-state index in [1.54, 1.807) is 0 Å². The Morgan fingerprint density at radius 2 is 1.52 bits per heavy atom. The number of rotatable bonds is 4. The number of hydrogen-bond acceptors (Lipinski definition) is 3. The number of aromatic nitrogens is 3. The van der Waals surface area contributed by atoms with Crippen LogP contribution in [0.5, 0.6) is 0 Å². The number of hydrogen-bond donors (Lipinski definition) is 1. The Bertz CT molecular complexity index is 1420.